The molecule has 1 aromatic carbocycles. The number of benzene rings is 1. The van der Waals surface area contributed by atoms with Crippen LogP contribution in [0.1, 0.15) is 25.8 Å². The van der Waals surface area contributed by atoms with E-state index in [-0.39, 0.29) is 11.4 Å². The first kappa shape index (κ1) is 14.0. The van der Waals surface area contributed by atoms with Crippen LogP contribution in [0, 0.1) is 5.82 Å². The molecule has 0 aromatic heterocycles. The van der Waals surface area contributed by atoms with Gasteiger partial charge in [0.1, 0.15) is 5.82 Å². The second-order valence-corrected chi connectivity index (χ2v) is 6.14. The van der Waals surface area contributed by atoms with Gasteiger partial charge in [0.15, 0.2) is 0 Å². The zero-order valence-electron chi connectivity index (χ0n) is 11.0. The van der Waals surface area contributed by atoms with E-state index in [0.29, 0.717) is 0 Å². The summed E-state index contributed by atoms with van der Waals surface area (Å²) in [5.41, 5.74) is 1.35. The normalized spacial score (nSPS) is 25.3. The first-order valence-electron chi connectivity index (χ1n) is 6.44. The summed E-state index contributed by atoms with van der Waals surface area (Å²) in [6.45, 7) is 8.44. The van der Waals surface area contributed by atoms with Crippen molar-refractivity contribution in [1.82, 2.24) is 10.2 Å². The topological polar surface area (TPSA) is 15.3 Å². The van der Waals surface area contributed by atoms with Crippen LogP contribution in [0.4, 0.5) is 4.39 Å². The fourth-order valence-electron chi connectivity index (χ4n) is 2.41. The van der Waals surface area contributed by atoms with Crippen LogP contribution in [0.5, 0.6) is 0 Å². The van der Waals surface area contributed by atoms with E-state index in [4.69, 9.17) is 0 Å². The zero-order valence-corrected chi connectivity index (χ0v) is 12.6. The van der Waals surface area contributed by atoms with Crippen LogP contribution >= 0.6 is 15.9 Å². The summed E-state index contributed by atoms with van der Waals surface area (Å²) in [4.78, 5) is 2.43. The number of nitrogens with zero attached hydrogens (tertiary/aromatic N) is 1. The summed E-state index contributed by atoms with van der Waals surface area (Å²) in [5, 5.41) is 3.57. The molecule has 0 spiro atoms. The second kappa shape index (κ2) is 5.68. The predicted molar refractivity (Wildman–Crippen MR) is 76.1 cm³/mol. The Morgan fingerprint density at radius 1 is 1.50 bits per heavy atom. The quantitative estimate of drug-likeness (QED) is 0.922. The molecule has 2 rings (SSSR count). The van der Waals surface area contributed by atoms with E-state index in [1.807, 2.05) is 6.07 Å². The molecule has 1 aliphatic heterocycles. The van der Waals surface area contributed by atoms with Crippen LogP contribution in [-0.2, 0) is 6.54 Å². The lowest BCUT2D eigenvalue weighted by atomic mass is 9.95. The van der Waals surface area contributed by atoms with Crippen LogP contribution in [-0.4, -0.2) is 30.1 Å². The standard InChI is InChI=1S/C14H20BrFN2/c1-3-14(2)10-18(7-6-17-14)9-11-4-5-12(16)8-13(11)15/h4-5,8,17H,3,6-7,9-10H2,1-2H3. The molecule has 1 atom stereocenters. The van der Waals surface area contributed by atoms with Crippen molar-refractivity contribution in [2.45, 2.75) is 32.4 Å². The molecular weight excluding hydrogens is 295 g/mol. The van der Waals surface area contributed by atoms with Crippen LogP contribution in [0.3, 0.4) is 0 Å². The van der Waals surface area contributed by atoms with Crippen LogP contribution < -0.4 is 5.32 Å². The molecule has 1 saturated heterocycles. The van der Waals surface area contributed by atoms with Gasteiger partial charge in [-0.15, -0.1) is 0 Å². The summed E-state index contributed by atoms with van der Waals surface area (Å²) in [7, 11) is 0. The molecule has 18 heavy (non-hydrogen) atoms. The monoisotopic (exact) mass is 314 g/mol. The van der Waals surface area contributed by atoms with Gasteiger partial charge in [-0.05, 0) is 31.0 Å². The fraction of sp³-hybridized carbons (Fsp3) is 0.571. The third kappa shape index (κ3) is 3.31. The molecule has 1 heterocycles. The zero-order chi connectivity index (χ0) is 13.2. The Hall–Kier alpha value is -0.450. The van der Waals surface area contributed by atoms with Gasteiger partial charge >= 0.3 is 0 Å². The molecule has 1 unspecified atom stereocenters. The van der Waals surface area contributed by atoms with Crippen LogP contribution in [0.15, 0.2) is 22.7 Å². The Kier molecular flexibility index (Phi) is 4.41. The first-order valence-corrected chi connectivity index (χ1v) is 7.23. The van der Waals surface area contributed by atoms with Gasteiger partial charge in [0.25, 0.3) is 0 Å². The molecule has 0 radical (unpaired) electrons. The third-order valence-electron chi connectivity index (χ3n) is 3.74. The number of rotatable bonds is 3. The lowest BCUT2D eigenvalue weighted by Gasteiger charge is -2.41. The highest BCUT2D eigenvalue weighted by molar-refractivity contribution is 9.10. The Bertz CT molecular complexity index is 424. The summed E-state index contributed by atoms with van der Waals surface area (Å²) in [6, 6.07) is 4.93. The highest BCUT2D eigenvalue weighted by atomic mass is 79.9. The average molecular weight is 315 g/mol. The van der Waals surface area contributed by atoms with Crippen molar-refractivity contribution in [2.24, 2.45) is 0 Å². The van der Waals surface area contributed by atoms with Crippen molar-refractivity contribution in [2.75, 3.05) is 19.6 Å². The number of hydrogen-bond donors (Lipinski definition) is 1. The first-order chi connectivity index (χ1) is 8.52. The molecule has 0 aliphatic carbocycles. The van der Waals surface area contributed by atoms with Gasteiger partial charge in [-0.2, -0.15) is 0 Å². The Morgan fingerprint density at radius 2 is 2.28 bits per heavy atom. The van der Waals surface area contributed by atoms with Crippen molar-refractivity contribution >= 4 is 15.9 Å². The van der Waals surface area contributed by atoms with Gasteiger partial charge in [-0.1, -0.05) is 28.9 Å². The molecule has 1 N–H and O–H groups in total. The minimum absolute atomic E-state index is 0.190. The van der Waals surface area contributed by atoms with Crippen LogP contribution in [0.2, 0.25) is 0 Å². The smallest absolute Gasteiger partial charge is 0.124 e. The second-order valence-electron chi connectivity index (χ2n) is 5.29. The summed E-state index contributed by atoms with van der Waals surface area (Å²) < 4.78 is 13.9. The van der Waals surface area contributed by atoms with Gasteiger partial charge in [0, 0.05) is 36.2 Å². The number of hydrogen-bond acceptors (Lipinski definition) is 2. The molecule has 0 saturated carbocycles. The lowest BCUT2D eigenvalue weighted by Crippen LogP contribution is -2.58. The summed E-state index contributed by atoms with van der Waals surface area (Å²) in [5.74, 6) is -0.190. The van der Waals surface area contributed by atoms with E-state index in [1.165, 1.54) is 12.1 Å². The third-order valence-corrected chi connectivity index (χ3v) is 4.48. The van der Waals surface area contributed by atoms with Gasteiger partial charge in [0.2, 0.25) is 0 Å². The Morgan fingerprint density at radius 3 is 2.94 bits per heavy atom. The van der Waals surface area contributed by atoms with Gasteiger partial charge < -0.3 is 5.32 Å². The van der Waals surface area contributed by atoms with Gasteiger partial charge in [0.05, 0.1) is 0 Å². The molecule has 1 fully saturated rings. The molecular formula is C14H20BrFN2. The van der Waals surface area contributed by atoms with Crippen LogP contribution in [0.25, 0.3) is 0 Å². The van der Waals surface area contributed by atoms with E-state index >= 15 is 0 Å². The molecule has 1 aliphatic rings. The summed E-state index contributed by atoms with van der Waals surface area (Å²) >= 11 is 3.44. The van der Waals surface area contributed by atoms with Gasteiger partial charge in [-0.25, -0.2) is 4.39 Å². The maximum atomic E-state index is 13.1. The minimum atomic E-state index is -0.190. The predicted octanol–water partition coefficient (Wildman–Crippen LogP) is 3.16. The molecule has 100 valence electrons. The molecule has 1 aromatic rings. The molecule has 0 bridgehead atoms. The van der Waals surface area contributed by atoms with Crippen molar-refractivity contribution in [3.63, 3.8) is 0 Å². The van der Waals surface area contributed by atoms with Crippen molar-refractivity contribution in [1.29, 1.82) is 0 Å². The fourth-order valence-corrected chi connectivity index (χ4v) is 2.88. The van der Waals surface area contributed by atoms with Crippen molar-refractivity contribution in [3.05, 3.63) is 34.1 Å². The molecule has 4 heteroatoms. The minimum Gasteiger partial charge on any atom is -0.309 e. The van der Waals surface area contributed by atoms with Crippen molar-refractivity contribution < 1.29 is 4.39 Å². The molecule has 0 amide bonds. The van der Waals surface area contributed by atoms with E-state index < -0.39 is 0 Å². The number of halogens is 2. The maximum absolute atomic E-state index is 13.1. The number of nitrogens with one attached hydrogen (secondary N) is 1. The SMILES string of the molecule is CCC1(C)CN(Cc2ccc(F)cc2Br)CCN1. The highest BCUT2D eigenvalue weighted by Crippen LogP contribution is 2.22. The largest absolute Gasteiger partial charge is 0.309 e. The van der Waals surface area contributed by atoms with E-state index in [9.17, 15) is 4.39 Å². The van der Waals surface area contributed by atoms with E-state index in [2.05, 4.69) is 40.0 Å². The van der Waals surface area contributed by atoms with E-state index in [1.54, 1.807) is 0 Å². The van der Waals surface area contributed by atoms with E-state index in [0.717, 1.165) is 42.6 Å². The molecule has 2 nitrogen and oxygen atoms in total. The van der Waals surface area contributed by atoms with Crippen molar-refractivity contribution in [3.8, 4) is 0 Å². The average Bonchev–Trinajstić information content (AvgIpc) is 2.33. The highest BCUT2D eigenvalue weighted by Gasteiger charge is 2.28. The van der Waals surface area contributed by atoms with Gasteiger partial charge in [-0.3, -0.25) is 4.90 Å². The maximum Gasteiger partial charge on any atom is 0.124 e. The summed E-state index contributed by atoms with van der Waals surface area (Å²) in [6.07, 6.45) is 1.12. The Labute approximate surface area is 117 Å². The lowest BCUT2D eigenvalue weighted by molar-refractivity contribution is 0.133. The number of piperazine rings is 1. The Balaban J connectivity index is 2.05.